The lowest BCUT2D eigenvalue weighted by Gasteiger charge is -2.18. The molecule has 0 aliphatic heterocycles. The molecule has 3 amide bonds. The average Bonchev–Trinajstić information content (AvgIpc) is 2.64. The van der Waals surface area contributed by atoms with Gasteiger partial charge in [-0.3, -0.25) is 14.4 Å². The highest BCUT2D eigenvalue weighted by molar-refractivity contribution is 5.88. The number of ether oxygens (including phenoxy) is 1. The summed E-state index contributed by atoms with van der Waals surface area (Å²) in [5.74, 6) is -0.790. The fourth-order valence-electron chi connectivity index (χ4n) is 2.11. The van der Waals surface area contributed by atoms with E-state index in [0.717, 1.165) is 12.8 Å². The zero-order valence-corrected chi connectivity index (χ0v) is 15.6. The Morgan fingerprint density at radius 2 is 1.69 bits per heavy atom. The van der Waals surface area contributed by atoms with E-state index in [-0.39, 0.29) is 56.8 Å². The second kappa shape index (κ2) is 16.7. The van der Waals surface area contributed by atoms with Crippen LogP contribution in [0.2, 0.25) is 0 Å². The smallest absolute Gasteiger partial charge is 0.242 e. The van der Waals surface area contributed by atoms with Crippen molar-refractivity contribution in [3.05, 3.63) is 0 Å². The topological polar surface area (TPSA) is 137 Å². The van der Waals surface area contributed by atoms with E-state index in [9.17, 15) is 14.4 Å². The van der Waals surface area contributed by atoms with Crippen molar-refractivity contribution < 1.29 is 29.3 Å². The molecule has 0 aliphatic carbocycles. The molecule has 0 aromatic heterocycles. The van der Waals surface area contributed by atoms with Gasteiger partial charge in [-0.25, -0.2) is 0 Å². The van der Waals surface area contributed by atoms with Gasteiger partial charge < -0.3 is 30.9 Å². The molecule has 26 heavy (non-hydrogen) atoms. The largest absolute Gasteiger partial charge is 0.396 e. The molecule has 0 rings (SSSR count). The van der Waals surface area contributed by atoms with Crippen molar-refractivity contribution in [2.45, 2.75) is 51.5 Å². The Bertz CT molecular complexity index is 406. The highest BCUT2D eigenvalue weighted by Crippen LogP contribution is 2.00. The van der Waals surface area contributed by atoms with Gasteiger partial charge in [-0.1, -0.05) is 6.92 Å². The molecule has 0 aromatic rings. The van der Waals surface area contributed by atoms with E-state index >= 15 is 0 Å². The summed E-state index contributed by atoms with van der Waals surface area (Å²) >= 11 is 0. The first kappa shape index (κ1) is 24.3. The van der Waals surface area contributed by atoms with Gasteiger partial charge in [0.2, 0.25) is 17.7 Å². The molecule has 0 fully saturated rings. The third-order valence-corrected chi connectivity index (χ3v) is 3.57. The van der Waals surface area contributed by atoms with Crippen LogP contribution in [-0.4, -0.2) is 73.5 Å². The van der Waals surface area contributed by atoms with Crippen LogP contribution in [0, 0.1) is 0 Å². The standard InChI is InChI=1S/C17H33N3O6/c1-2-15(23)20-14(17(25)19-8-4-3-5-10-21)6-7-16(24)18-9-12-26-13-11-22/h14,21-22H,2-13H2,1H3,(H,18,24)(H,19,25)(H,20,23)/t14-/m0/s1. The lowest BCUT2D eigenvalue weighted by Crippen LogP contribution is -2.47. The minimum Gasteiger partial charge on any atom is -0.396 e. The van der Waals surface area contributed by atoms with Gasteiger partial charge in [-0.2, -0.15) is 0 Å². The van der Waals surface area contributed by atoms with Gasteiger partial charge in [0.25, 0.3) is 0 Å². The number of hydrogen-bond acceptors (Lipinski definition) is 6. The van der Waals surface area contributed by atoms with Crippen molar-refractivity contribution >= 4 is 17.7 Å². The van der Waals surface area contributed by atoms with E-state index in [1.165, 1.54) is 0 Å². The molecule has 0 aromatic carbocycles. The van der Waals surface area contributed by atoms with Crippen LogP contribution >= 0.6 is 0 Å². The number of aliphatic hydroxyl groups is 2. The number of carbonyl (C=O) groups excluding carboxylic acids is 3. The SMILES string of the molecule is CCC(=O)N[C@@H](CCC(=O)NCCOCCO)C(=O)NCCCCCO. The number of rotatable bonds is 16. The second-order valence-electron chi connectivity index (χ2n) is 5.77. The van der Waals surface area contributed by atoms with Crippen molar-refractivity contribution in [1.29, 1.82) is 0 Å². The number of unbranched alkanes of at least 4 members (excludes halogenated alkanes) is 2. The van der Waals surface area contributed by atoms with E-state index in [0.29, 0.717) is 26.1 Å². The summed E-state index contributed by atoms with van der Waals surface area (Å²) in [5, 5.41) is 25.3. The van der Waals surface area contributed by atoms with Gasteiger partial charge in [-0.15, -0.1) is 0 Å². The number of amides is 3. The van der Waals surface area contributed by atoms with Crippen molar-refractivity contribution in [2.75, 3.05) is 39.5 Å². The number of hydrogen-bond donors (Lipinski definition) is 5. The van der Waals surface area contributed by atoms with Gasteiger partial charge >= 0.3 is 0 Å². The molecular weight excluding hydrogens is 342 g/mol. The minimum atomic E-state index is -0.753. The Kier molecular flexibility index (Phi) is 15.6. The van der Waals surface area contributed by atoms with Crippen LogP contribution in [0.25, 0.3) is 0 Å². The molecule has 5 N–H and O–H groups in total. The summed E-state index contributed by atoms with van der Waals surface area (Å²) in [4.78, 5) is 35.6. The summed E-state index contributed by atoms with van der Waals surface area (Å²) in [5.41, 5.74) is 0. The number of nitrogens with one attached hydrogen (secondary N) is 3. The maximum atomic E-state index is 12.2. The predicted octanol–water partition coefficient (Wildman–Crippen LogP) is -0.935. The van der Waals surface area contributed by atoms with Crippen molar-refractivity contribution in [2.24, 2.45) is 0 Å². The lowest BCUT2D eigenvalue weighted by molar-refractivity contribution is -0.129. The van der Waals surface area contributed by atoms with Crippen LogP contribution < -0.4 is 16.0 Å². The highest BCUT2D eigenvalue weighted by Gasteiger charge is 2.20. The number of carbonyl (C=O) groups is 3. The Hall–Kier alpha value is -1.71. The molecule has 9 nitrogen and oxygen atoms in total. The summed E-state index contributed by atoms with van der Waals surface area (Å²) in [6, 6.07) is -0.753. The van der Waals surface area contributed by atoms with E-state index in [1.807, 2.05) is 0 Å². The summed E-state index contributed by atoms with van der Waals surface area (Å²) in [7, 11) is 0. The van der Waals surface area contributed by atoms with Crippen LogP contribution in [-0.2, 0) is 19.1 Å². The lowest BCUT2D eigenvalue weighted by atomic mass is 10.1. The quantitative estimate of drug-likeness (QED) is 0.221. The monoisotopic (exact) mass is 375 g/mol. The predicted molar refractivity (Wildman–Crippen MR) is 96.3 cm³/mol. The normalized spacial score (nSPS) is 11.7. The Morgan fingerprint density at radius 3 is 2.35 bits per heavy atom. The summed E-state index contributed by atoms with van der Waals surface area (Å²) in [6.07, 6.45) is 2.81. The Balaban J connectivity index is 4.21. The average molecular weight is 375 g/mol. The third-order valence-electron chi connectivity index (χ3n) is 3.57. The second-order valence-corrected chi connectivity index (χ2v) is 5.77. The maximum Gasteiger partial charge on any atom is 0.242 e. The van der Waals surface area contributed by atoms with E-state index < -0.39 is 6.04 Å². The van der Waals surface area contributed by atoms with E-state index in [2.05, 4.69) is 16.0 Å². The number of aliphatic hydroxyl groups excluding tert-OH is 2. The van der Waals surface area contributed by atoms with Crippen molar-refractivity contribution in [3.8, 4) is 0 Å². The van der Waals surface area contributed by atoms with Gasteiger partial charge in [-0.05, 0) is 25.7 Å². The third kappa shape index (κ3) is 13.6. The highest BCUT2D eigenvalue weighted by atomic mass is 16.5. The molecule has 1 atom stereocenters. The molecule has 0 heterocycles. The van der Waals surface area contributed by atoms with Crippen molar-refractivity contribution in [3.63, 3.8) is 0 Å². The molecule has 0 saturated heterocycles. The molecule has 152 valence electrons. The molecule has 0 spiro atoms. The molecule has 0 aliphatic rings. The van der Waals surface area contributed by atoms with Gasteiger partial charge in [0.15, 0.2) is 0 Å². The van der Waals surface area contributed by atoms with E-state index in [1.54, 1.807) is 6.92 Å². The molecule has 0 unspecified atom stereocenters. The van der Waals surface area contributed by atoms with Crippen LogP contribution in [0.1, 0.15) is 45.4 Å². The fourth-order valence-corrected chi connectivity index (χ4v) is 2.11. The minimum absolute atomic E-state index is 0.0676. The first-order valence-corrected chi connectivity index (χ1v) is 9.18. The van der Waals surface area contributed by atoms with Gasteiger partial charge in [0.1, 0.15) is 6.04 Å². The zero-order valence-electron chi connectivity index (χ0n) is 15.6. The summed E-state index contributed by atoms with van der Waals surface area (Å²) < 4.78 is 5.03. The summed E-state index contributed by atoms with van der Waals surface area (Å²) in [6.45, 7) is 3.06. The molecule has 9 heteroatoms. The van der Waals surface area contributed by atoms with Gasteiger partial charge in [0.05, 0.1) is 19.8 Å². The first-order chi connectivity index (χ1) is 12.5. The molecule has 0 radical (unpaired) electrons. The molecular formula is C17H33N3O6. The molecule has 0 saturated carbocycles. The van der Waals surface area contributed by atoms with Crippen LogP contribution in [0.4, 0.5) is 0 Å². The Labute approximate surface area is 154 Å². The van der Waals surface area contributed by atoms with E-state index in [4.69, 9.17) is 14.9 Å². The van der Waals surface area contributed by atoms with Crippen molar-refractivity contribution in [1.82, 2.24) is 16.0 Å². The fraction of sp³-hybridized carbons (Fsp3) is 0.824. The van der Waals surface area contributed by atoms with Gasteiger partial charge in [0, 0.05) is 32.5 Å². The van der Waals surface area contributed by atoms with Crippen LogP contribution in [0.3, 0.4) is 0 Å². The maximum absolute atomic E-state index is 12.2. The first-order valence-electron chi connectivity index (χ1n) is 9.18. The van der Waals surface area contributed by atoms with Crippen LogP contribution in [0.5, 0.6) is 0 Å². The molecule has 0 bridgehead atoms. The van der Waals surface area contributed by atoms with Crippen LogP contribution in [0.15, 0.2) is 0 Å². The zero-order chi connectivity index (χ0) is 19.6. The Morgan fingerprint density at radius 1 is 0.923 bits per heavy atom.